The monoisotopic (exact) mass is 228 g/mol. The lowest BCUT2D eigenvalue weighted by Gasteiger charge is -2.06. The molecule has 0 amide bonds. The van der Waals surface area contributed by atoms with Crippen molar-refractivity contribution >= 4 is 22.2 Å². The first-order chi connectivity index (χ1) is 5.57. The highest BCUT2D eigenvalue weighted by atomic mass is 79.9. The van der Waals surface area contributed by atoms with Crippen LogP contribution in [0.2, 0.25) is 0 Å². The molecule has 3 heteroatoms. The third-order valence-electron chi connectivity index (χ3n) is 1.84. The summed E-state index contributed by atoms with van der Waals surface area (Å²) in [5, 5.41) is 9.44. The second-order valence-electron chi connectivity index (χ2n) is 2.69. The minimum atomic E-state index is 0.207. The summed E-state index contributed by atoms with van der Waals surface area (Å²) in [6.07, 6.45) is 0.784. The van der Waals surface area contributed by atoms with E-state index >= 15 is 0 Å². The molecule has 0 radical (unpaired) electrons. The van der Waals surface area contributed by atoms with Crippen molar-refractivity contribution in [3.63, 3.8) is 0 Å². The average molecular weight is 229 g/mol. The summed E-state index contributed by atoms with van der Waals surface area (Å²) in [7, 11) is 0. The van der Waals surface area contributed by atoms with E-state index in [1.165, 1.54) is 0 Å². The number of aryl methyl sites for hydroxylation is 1. The van der Waals surface area contributed by atoms with Gasteiger partial charge < -0.3 is 5.11 Å². The number of rotatable bonds is 1. The molecule has 1 N–H and O–H groups in total. The summed E-state index contributed by atoms with van der Waals surface area (Å²) < 4.78 is 0.601. The van der Waals surface area contributed by atoms with Gasteiger partial charge in [0, 0.05) is 5.56 Å². The Morgan fingerprint density at radius 2 is 2.08 bits per heavy atom. The maximum Gasteiger partial charge on any atom is 0.150 e. The minimum absolute atomic E-state index is 0.207. The summed E-state index contributed by atoms with van der Waals surface area (Å²) >= 11 is 3.21. The van der Waals surface area contributed by atoms with E-state index in [2.05, 4.69) is 15.9 Å². The number of phenolic OH excluding ortho intramolecular Hbond substituents is 1. The van der Waals surface area contributed by atoms with Gasteiger partial charge in [-0.1, -0.05) is 0 Å². The Hall–Kier alpha value is -0.830. The normalized spacial score (nSPS) is 9.92. The summed E-state index contributed by atoms with van der Waals surface area (Å²) in [5.74, 6) is 0.207. The number of carbonyl (C=O) groups is 1. The molecule has 1 aromatic carbocycles. The fourth-order valence-corrected chi connectivity index (χ4v) is 1.55. The highest BCUT2D eigenvalue weighted by molar-refractivity contribution is 9.10. The number of phenols is 1. The van der Waals surface area contributed by atoms with Crippen LogP contribution in [0.5, 0.6) is 5.75 Å². The Bertz CT molecular complexity index is 332. The lowest BCUT2D eigenvalue weighted by atomic mass is 10.1. The molecule has 0 aliphatic carbocycles. The molecule has 0 aliphatic rings. The Morgan fingerprint density at radius 1 is 1.50 bits per heavy atom. The van der Waals surface area contributed by atoms with Gasteiger partial charge in [-0.2, -0.15) is 0 Å². The first-order valence-electron chi connectivity index (χ1n) is 3.51. The lowest BCUT2D eigenvalue weighted by Crippen LogP contribution is -1.90. The van der Waals surface area contributed by atoms with Gasteiger partial charge in [-0.05, 0) is 47.0 Å². The molecule has 0 bridgehead atoms. The van der Waals surface area contributed by atoms with Gasteiger partial charge in [-0.25, -0.2) is 0 Å². The van der Waals surface area contributed by atoms with Crippen LogP contribution in [0.1, 0.15) is 21.5 Å². The van der Waals surface area contributed by atoms with Crippen LogP contribution in [-0.2, 0) is 0 Å². The van der Waals surface area contributed by atoms with Crippen LogP contribution in [0.25, 0.3) is 0 Å². The average Bonchev–Trinajstić information content (AvgIpc) is 2.08. The van der Waals surface area contributed by atoms with Gasteiger partial charge in [-0.3, -0.25) is 4.79 Å². The van der Waals surface area contributed by atoms with E-state index in [-0.39, 0.29) is 5.75 Å². The zero-order chi connectivity index (χ0) is 9.30. The molecule has 0 atom stereocenters. The van der Waals surface area contributed by atoms with Crippen LogP contribution >= 0.6 is 15.9 Å². The van der Waals surface area contributed by atoms with E-state index < -0.39 is 0 Å². The molecular formula is C9H9BrO2. The molecule has 0 saturated carbocycles. The molecule has 0 unspecified atom stereocenters. The predicted molar refractivity (Wildman–Crippen MR) is 50.7 cm³/mol. The molecule has 0 spiro atoms. The SMILES string of the molecule is Cc1cc(C=O)c(C)c(Br)c1O. The van der Waals surface area contributed by atoms with Gasteiger partial charge in [0.15, 0.2) is 0 Å². The molecule has 1 aromatic rings. The first-order valence-corrected chi connectivity index (χ1v) is 4.31. The van der Waals surface area contributed by atoms with Crippen LogP contribution in [0, 0.1) is 13.8 Å². The van der Waals surface area contributed by atoms with Crippen molar-refractivity contribution in [1.82, 2.24) is 0 Å². The molecule has 2 nitrogen and oxygen atoms in total. The summed E-state index contributed by atoms with van der Waals surface area (Å²) in [5.41, 5.74) is 2.08. The minimum Gasteiger partial charge on any atom is -0.506 e. The molecule has 0 heterocycles. The molecule has 0 aliphatic heterocycles. The van der Waals surface area contributed by atoms with Gasteiger partial charge in [0.25, 0.3) is 0 Å². The topological polar surface area (TPSA) is 37.3 Å². The summed E-state index contributed by atoms with van der Waals surface area (Å²) in [6, 6.07) is 1.67. The third-order valence-corrected chi connectivity index (χ3v) is 2.81. The number of aldehydes is 1. The van der Waals surface area contributed by atoms with E-state index in [0.717, 1.165) is 11.8 Å². The predicted octanol–water partition coefficient (Wildman–Crippen LogP) is 2.58. The lowest BCUT2D eigenvalue weighted by molar-refractivity contribution is 0.112. The highest BCUT2D eigenvalue weighted by Crippen LogP contribution is 2.32. The number of hydrogen-bond donors (Lipinski definition) is 1. The molecular weight excluding hydrogens is 220 g/mol. The van der Waals surface area contributed by atoms with E-state index in [1.807, 2.05) is 0 Å². The Balaban J connectivity index is 3.49. The molecule has 1 rings (SSSR count). The van der Waals surface area contributed by atoms with E-state index in [4.69, 9.17) is 0 Å². The van der Waals surface area contributed by atoms with Gasteiger partial charge in [0.05, 0.1) is 4.47 Å². The van der Waals surface area contributed by atoms with Gasteiger partial charge in [-0.15, -0.1) is 0 Å². The fourth-order valence-electron chi connectivity index (χ4n) is 1.01. The number of halogens is 1. The first kappa shape index (κ1) is 9.26. The van der Waals surface area contributed by atoms with Crippen LogP contribution in [0.3, 0.4) is 0 Å². The maximum absolute atomic E-state index is 10.5. The van der Waals surface area contributed by atoms with Crippen molar-refractivity contribution < 1.29 is 9.90 Å². The quantitative estimate of drug-likeness (QED) is 0.751. The Labute approximate surface area is 79.3 Å². The zero-order valence-corrected chi connectivity index (χ0v) is 8.47. The molecule has 0 aromatic heterocycles. The molecule has 64 valence electrons. The van der Waals surface area contributed by atoms with E-state index in [1.54, 1.807) is 19.9 Å². The van der Waals surface area contributed by atoms with Gasteiger partial charge >= 0.3 is 0 Å². The summed E-state index contributed by atoms with van der Waals surface area (Å²) in [4.78, 5) is 10.5. The number of hydrogen-bond acceptors (Lipinski definition) is 2. The van der Waals surface area contributed by atoms with Gasteiger partial charge in [0.2, 0.25) is 0 Å². The maximum atomic E-state index is 10.5. The second kappa shape index (κ2) is 3.27. The van der Waals surface area contributed by atoms with Crippen molar-refractivity contribution in [2.24, 2.45) is 0 Å². The molecule has 0 saturated heterocycles. The van der Waals surface area contributed by atoms with Gasteiger partial charge in [0.1, 0.15) is 12.0 Å². The van der Waals surface area contributed by atoms with Crippen LogP contribution in [0.4, 0.5) is 0 Å². The molecule has 12 heavy (non-hydrogen) atoms. The number of benzene rings is 1. The number of carbonyl (C=O) groups excluding carboxylic acids is 1. The van der Waals surface area contributed by atoms with Crippen LogP contribution in [0.15, 0.2) is 10.5 Å². The van der Waals surface area contributed by atoms with E-state index in [0.29, 0.717) is 15.6 Å². The van der Waals surface area contributed by atoms with Crippen molar-refractivity contribution in [3.05, 3.63) is 27.2 Å². The summed E-state index contributed by atoms with van der Waals surface area (Å²) in [6.45, 7) is 3.54. The Morgan fingerprint density at radius 3 is 2.58 bits per heavy atom. The van der Waals surface area contributed by atoms with Crippen molar-refractivity contribution in [1.29, 1.82) is 0 Å². The molecule has 0 fully saturated rings. The second-order valence-corrected chi connectivity index (χ2v) is 3.48. The highest BCUT2D eigenvalue weighted by Gasteiger charge is 2.08. The smallest absolute Gasteiger partial charge is 0.150 e. The van der Waals surface area contributed by atoms with Crippen LogP contribution in [-0.4, -0.2) is 11.4 Å². The standard InChI is InChI=1S/C9H9BrO2/c1-5-3-7(4-11)6(2)8(10)9(5)12/h3-4,12H,1-2H3. The zero-order valence-electron chi connectivity index (χ0n) is 6.89. The van der Waals surface area contributed by atoms with Crippen LogP contribution < -0.4 is 0 Å². The van der Waals surface area contributed by atoms with Crippen molar-refractivity contribution in [2.45, 2.75) is 13.8 Å². The Kier molecular flexibility index (Phi) is 2.52. The van der Waals surface area contributed by atoms with Crippen molar-refractivity contribution in [2.75, 3.05) is 0 Å². The van der Waals surface area contributed by atoms with Crippen molar-refractivity contribution in [3.8, 4) is 5.75 Å². The van der Waals surface area contributed by atoms with E-state index in [9.17, 15) is 9.90 Å². The third kappa shape index (κ3) is 1.37. The largest absolute Gasteiger partial charge is 0.506 e. The number of aromatic hydroxyl groups is 1. The fraction of sp³-hybridized carbons (Fsp3) is 0.222.